The normalized spacial score (nSPS) is 10.4. The lowest BCUT2D eigenvalue weighted by atomic mass is 10.0. The minimum atomic E-state index is 0.290. The number of phenols is 1. The number of H-pyrrole nitrogens is 1. The first-order chi connectivity index (χ1) is 7.63. The van der Waals surface area contributed by atoms with Crippen LogP contribution in [0.5, 0.6) is 5.75 Å². The highest BCUT2D eigenvalue weighted by Crippen LogP contribution is 2.30. The summed E-state index contributed by atoms with van der Waals surface area (Å²) in [5.74, 6) is 0.290. The second kappa shape index (κ2) is 3.89. The molecule has 0 aliphatic carbocycles. The van der Waals surface area contributed by atoms with Crippen molar-refractivity contribution in [1.82, 2.24) is 4.98 Å². The molecule has 0 saturated heterocycles. The summed E-state index contributed by atoms with van der Waals surface area (Å²) >= 11 is 0. The highest BCUT2D eigenvalue weighted by molar-refractivity contribution is 5.74. The van der Waals surface area contributed by atoms with Gasteiger partial charge in [0.05, 0.1) is 0 Å². The maximum absolute atomic E-state index is 9.27. The van der Waals surface area contributed by atoms with Crippen molar-refractivity contribution in [3.8, 4) is 16.9 Å². The SMILES string of the molecule is C=Cc1[nH]c(C)c(-c2ccc(O)cc2)c1C. The van der Waals surface area contributed by atoms with Gasteiger partial charge in [-0.05, 0) is 43.2 Å². The van der Waals surface area contributed by atoms with E-state index in [1.807, 2.05) is 25.1 Å². The molecule has 1 heterocycles. The van der Waals surface area contributed by atoms with Crippen LogP contribution in [0.4, 0.5) is 0 Å². The third kappa shape index (κ3) is 1.63. The van der Waals surface area contributed by atoms with E-state index in [4.69, 9.17) is 0 Å². The molecule has 0 spiro atoms. The Hall–Kier alpha value is -1.96. The van der Waals surface area contributed by atoms with Crippen molar-refractivity contribution in [2.75, 3.05) is 0 Å². The Bertz CT molecular complexity index is 520. The molecule has 1 aromatic carbocycles. The minimum absolute atomic E-state index is 0.290. The Kier molecular flexibility index (Phi) is 2.57. The number of benzene rings is 1. The fraction of sp³-hybridized carbons (Fsp3) is 0.143. The largest absolute Gasteiger partial charge is 0.508 e. The number of phenolic OH excluding ortho intramolecular Hbond substituents is 1. The summed E-state index contributed by atoms with van der Waals surface area (Å²) in [6.07, 6.45) is 1.83. The average molecular weight is 213 g/mol. The Labute approximate surface area is 95.3 Å². The molecule has 0 bridgehead atoms. The van der Waals surface area contributed by atoms with Crippen LogP contribution in [0, 0.1) is 13.8 Å². The van der Waals surface area contributed by atoms with Gasteiger partial charge in [0.1, 0.15) is 5.75 Å². The van der Waals surface area contributed by atoms with Crippen LogP contribution in [0.1, 0.15) is 17.0 Å². The Morgan fingerprint density at radius 3 is 2.31 bits per heavy atom. The van der Waals surface area contributed by atoms with Crippen LogP contribution >= 0.6 is 0 Å². The molecular formula is C14H15NO. The van der Waals surface area contributed by atoms with E-state index in [9.17, 15) is 5.11 Å². The molecule has 2 heteroatoms. The topological polar surface area (TPSA) is 36.0 Å². The van der Waals surface area contributed by atoms with Gasteiger partial charge in [0.15, 0.2) is 0 Å². The maximum Gasteiger partial charge on any atom is 0.115 e. The van der Waals surface area contributed by atoms with E-state index < -0.39 is 0 Å². The molecule has 16 heavy (non-hydrogen) atoms. The molecule has 0 unspecified atom stereocenters. The van der Waals surface area contributed by atoms with Crippen molar-refractivity contribution in [3.63, 3.8) is 0 Å². The lowest BCUT2D eigenvalue weighted by molar-refractivity contribution is 0.475. The number of aromatic amines is 1. The van der Waals surface area contributed by atoms with Gasteiger partial charge in [-0.2, -0.15) is 0 Å². The van der Waals surface area contributed by atoms with Gasteiger partial charge in [0.25, 0.3) is 0 Å². The first-order valence-corrected chi connectivity index (χ1v) is 5.24. The number of aryl methyl sites for hydroxylation is 1. The van der Waals surface area contributed by atoms with Crippen molar-refractivity contribution < 1.29 is 5.11 Å². The minimum Gasteiger partial charge on any atom is -0.508 e. The summed E-state index contributed by atoms with van der Waals surface area (Å²) in [6, 6.07) is 7.25. The third-order valence-corrected chi connectivity index (χ3v) is 2.84. The van der Waals surface area contributed by atoms with Crippen LogP contribution in [0.15, 0.2) is 30.8 Å². The van der Waals surface area contributed by atoms with Crippen LogP contribution in [-0.2, 0) is 0 Å². The zero-order chi connectivity index (χ0) is 11.7. The van der Waals surface area contributed by atoms with E-state index in [0.29, 0.717) is 5.75 Å². The van der Waals surface area contributed by atoms with Crippen molar-refractivity contribution in [2.24, 2.45) is 0 Å². The van der Waals surface area contributed by atoms with Crippen LogP contribution in [0.2, 0.25) is 0 Å². The molecule has 2 rings (SSSR count). The van der Waals surface area contributed by atoms with Crippen LogP contribution in [0.3, 0.4) is 0 Å². The van der Waals surface area contributed by atoms with Gasteiger partial charge in [-0.25, -0.2) is 0 Å². The van der Waals surface area contributed by atoms with Crippen molar-refractivity contribution in [1.29, 1.82) is 0 Å². The van der Waals surface area contributed by atoms with E-state index in [1.165, 1.54) is 11.1 Å². The maximum atomic E-state index is 9.27. The second-order valence-corrected chi connectivity index (χ2v) is 3.91. The summed E-state index contributed by atoms with van der Waals surface area (Å²) < 4.78 is 0. The number of aromatic nitrogens is 1. The smallest absolute Gasteiger partial charge is 0.115 e. The lowest BCUT2D eigenvalue weighted by Gasteiger charge is -2.03. The molecule has 82 valence electrons. The fourth-order valence-corrected chi connectivity index (χ4v) is 2.04. The van der Waals surface area contributed by atoms with Gasteiger partial charge >= 0.3 is 0 Å². The van der Waals surface area contributed by atoms with E-state index >= 15 is 0 Å². The molecule has 2 nitrogen and oxygen atoms in total. The van der Waals surface area contributed by atoms with Gasteiger partial charge in [-0.3, -0.25) is 0 Å². The van der Waals surface area contributed by atoms with Gasteiger partial charge < -0.3 is 10.1 Å². The zero-order valence-corrected chi connectivity index (χ0v) is 9.54. The predicted octanol–water partition coefficient (Wildman–Crippen LogP) is 3.65. The molecule has 0 aliphatic heterocycles. The quantitative estimate of drug-likeness (QED) is 0.784. The number of hydrogen-bond acceptors (Lipinski definition) is 1. The zero-order valence-electron chi connectivity index (χ0n) is 9.54. The van der Waals surface area contributed by atoms with Crippen LogP contribution < -0.4 is 0 Å². The van der Waals surface area contributed by atoms with Crippen molar-refractivity contribution >= 4 is 6.08 Å². The van der Waals surface area contributed by atoms with E-state index in [0.717, 1.165) is 17.0 Å². The fourth-order valence-electron chi connectivity index (χ4n) is 2.04. The molecule has 0 atom stereocenters. The molecule has 0 saturated carbocycles. The van der Waals surface area contributed by atoms with Gasteiger partial charge in [0, 0.05) is 17.0 Å². The molecule has 2 aromatic rings. The highest BCUT2D eigenvalue weighted by atomic mass is 16.3. The number of hydrogen-bond donors (Lipinski definition) is 2. The first kappa shape index (κ1) is 10.6. The van der Waals surface area contributed by atoms with Crippen LogP contribution in [-0.4, -0.2) is 10.1 Å². The molecule has 0 fully saturated rings. The Morgan fingerprint density at radius 1 is 1.19 bits per heavy atom. The predicted molar refractivity (Wildman–Crippen MR) is 67.5 cm³/mol. The third-order valence-electron chi connectivity index (χ3n) is 2.84. The van der Waals surface area contributed by atoms with E-state index in [2.05, 4.69) is 18.5 Å². The summed E-state index contributed by atoms with van der Waals surface area (Å²) in [5, 5.41) is 9.27. The molecule has 1 aromatic heterocycles. The summed E-state index contributed by atoms with van der Waals surface area (Å²) in [5.41, 5.74) is 5.67. The molecule has 0 radical (unpaired) electrons. The van der Waals surface area contributed by atoms with Gasteiger partial charge in [-0.1, -0.05) is 18.7 Å². The first-order valence-electron chi connectivity index (χ1n) is 5.24. The Morgan fingerprint density at radius 2 is 1.81 bits per heavy atom. The summed E-state index contributed by atoms with van der Waals surface area (Å²) in [4.78, 5) is 3.30. The lowest BCUT2D eigenvalue weighted by Crippen LogP contribution is -1.81. The molecular weight excluding hydrogens is 198 g/mol. The summed E-state index contributed by atoms with van der Waals surface area (Å²) in [6.45, 7) is 7.90. The second-order valence-electron chi connectivity index (χ2n) is 3.91. The number of nitrogens with one attached hydrogen (secondary N) is 1. The van der Waals surface area contributed by atoms with E-state index in [-0.39, 0.29) is 0 Å². The van der Waals surface area contributed by atoms with Gasteiger partial charge in [-0.15, -0.1) is 0 Å². The number of rotatable bonds is 2. The molecule has 0 aliphatic rings. The monoisotopic (exact) mass is 213 g/mol. The highest BCUT2D eigenvalue weighted by Gasteiger charge is 2.10. The van der Waals surface area contributed by atoms with E-state index in [1.54, 1.807) is 12.1 Å². The van der Waals surface area contributed by atoms with Crippen LogP contribution in [0.25, 0.3) is 17.2 Å². The molecule has 2 N–H and O–H groups in total. The van der Waals surface area contributed by atoms with Gasteiger partial charge in [0.2, 0.25) is 0 Å². The van der Waals surface area contributed by atoms with Crippen molar-refractivity contribution in [2.45, 2.75) is 13.8 Å². The molecule has 0 amide bonds. The summed E-state index contributed by atoms with van der Waals surface area (Å²) in [7, 11) is 0. The average Bonchev–Trinajstić information content (AvgIpc) is 2.56. The standard InChI is InChI=1S/C14H15NO/c1-4-13-9(2)14(10(3)15-13)11-5-7-12(16)8-6-11/h4-8,15-16H,1H2,2-3H3. The Balaban J connectivity index is 2.59. The number of aromatic hydroxyl groups is 1. The van der Waals surface area contributed by atoms with Crippen molar-refractivity contribution in [3.05, 3.63) is 47.8 Å².